The Bertz CT molecular complexity index is 432. The summed E-state index contributed by atoms with van der Waals surface area (Å²) < 4.78 is 4.93. The number of ketones is 1. The molecule has 0 unspecified atom stereocenters. The first kappa shape index (κ1) is 11.6. The summed E-state index contributed by atoms with van der Waals surface area (Å²) in [7, 11) is 1.24. The van der Waals surface area contributed by atoms with Crippen molar-refractivity contribution in [2.75, 3.05) is 12.8 Å². The van der Waals surface area contributed by atoms with Gasteiger partial charge in [0.25, 0.3) is 0 Å². The highest BCUT2D eigenvalue weighted by Crippen LogP contribution is 2.21. The maximum absolute atomic E-state index is 11.2. The van der Waals surface area contributed by atoms with Gasteiger partial charge in [0.15, 0.2) is 5.78 Å². The summed E-state index contributed by atoms with van der Waals surface area (Å²) >= 11 is 3.13. The van der Waals surface area contributed by atoms with Crippen LogP contribution >= 0.6 is 15.9 Å². The van der Waals surface area contributed by atoms with Crippen LogP contribution in [0.5, 0.6) is 0 Å². The molecule has 15 heavy (non-hydrogen) atoms. The number of anilines is 1. The standard InChI is InChI=1S/C9H9BrN2O3/c1-4(13)7-6(10)3-5(8(11)12-7)9(14)15-2/h3H,1-2H3,(H2,11,12). The van der Waals surface area contributed by atoms with E-state index in [1.165, 1.54) is 20.1 Å². The predicted molar refractivity (Wildman–Crippen MR) is 57.7 cm³/mol. The minimum atomic E-state index is -0.587. The Morgan fingerprint density at radius 2 is 2.13 bits per heavy atom. The maximum atomic E-state index is 11.2. The number of carbonyl (C=O) groups is 2. The summed E-state index contributed by atoms with van der Waals surface area (Å²) in [5.74, 6) is -0.837. The molecular formula is C9H9BrN2O3. The summed E-state index contributed by atoms with van der Waals surface area (Å²) in [5.41, 5.74) is 5.85. The molecule has 0 aromatic carbocycles. The van der Waals surface area contributed by atoms with Crippen LogP contribution in [0.1, 0.15) is 27.8 Å². The number of ether oxygens (including phenoxy) is 1. The highest BCUT2D eigenvalue weighted by atomic mass is 79.9. The van der Waals surface area contributed by atoms with Gasteiger partial charge in [-0.05, 0) is 22.0 Å². The zero-order valence-corrected chi connectivity index (χ0v) is 9.79. The van der Waals surface area contributed by atoms with Crippen molar-refractivity contribution < 1.29 is 14.3 Å². The van der Waals surface area contributed by atoms with Gasteiger partial charge >= 0.3 is 5.97 Å². The monoisotopic (exact) mass is 272 g/mol. The number of hydrogen-bond acceptors (Lipinski definition) is 5. The lowest BCUT2D eigenvalue weighted by molar-refractivity contribution is 0.0601. The van der Waals surface area contributed by atoms with Crippen molar-refractivity contribution in [2.45, 2.75) is 6.92 Å². The summed E-state index contributed by atoms with van der Waals surface area (Å²) in [5, 5.41) is 0. The summed E-state index contributed by atoms with van der Waals surface area (Å²) in [4.78, 5) is 26.1. The van der Waals surface area contributed by atoms with Crippen LogP contribution in [0.15, 0.2) is 10.5 Å². The second kappa shape index (κ2) is 4.39. The molecule has 0 aliphatic rings. The van der Waals surface area contributed by atoms with Crippen LogP contribution in [-0.4, -0.2) is 23.8 Å². The fourth-order valence-corrected chi connectivity index (χ4v) is 1.62. The van der Waals surface area contributed by atoms with Crippen LogP contribution in [0.3, 0.4) is 0 Å². The maximum Gasteiger partial charge on any atom is 0.341 e. The minimum absolute atomic E-state index is 0.0183. The molecular weight excluding hydrogens is 264 g/mol. The topological polar surface area (TPSA) is 82.3 Å². The van der Waals surface area contributed by atoms with Crippen molar-refractivity contribution >= 4 is 33.5 Å². The summed E-state index contributed by atoms with van der Waals surface area (Å²) in [6, 6.07) is 1.42. The first-order valence-electron chi connectivity index (χ1n) is 4.02. The molecule has 0 radical (unpaired) electrons. The molecule has 1 aromatic rings. The largest absolute Gasteiger partial charge is 0.465 e. The third-order valence-electron chi connectivity index (χ3n) is 1.74. The molecule has 0 aliphatic heterocycles. The quantitative estimate of drug-likeness (QED) is 0.650. The number of carbonyl (C=O) groups excluding carboxylic acids is 2. The van der Waals surface area contributed by atoms with Gasteiger partial charge in [0.05, 0.1) is 7.11 Å². The van der Waals surface area contributed by atoms with Crippen molar-refractivity contribution in [3.63, 3.8) is 0 Å². The normalized spacial score (nSPS) is 9.80. The Labute approximate surface area is 94.8 Å². The van der Waals surface area contributed by atoms with E-state index in [0.29, 0.717) is 4.47 Å². The number of methoxy groups -OCH3 is 1. The van der Waals surface area contributed by atoms with E-state index in [4.69, 9.17) is 5.73 Å². The number of nitrogens with two attached hydrogens (primary N) is 1. The Hall–Kier alpha value is -1.43. The number of nitrogen functional groups attached to an aromatic ring is 1. The molecule has 0 aliphatic carbocycles. The molecule has 0 bridgehead atoms. The van der Waals surface area contributed by atoms with E-state index in [0.717, 1.165) is 0 Å². The molecule has 1 aromatic heterocycles. The van der Waals surface area contributed by atoms with E-state index in [1.807, 2.05) is 0 Å². The molecule has 1 heterocycles. The smallest absolute Gasteiger partial charge is 0.341 e. The molecule has 80 valence electrons. The molecule has 0 atom stereocenters. The molecule has 0 fully saturated rings. The molecule has 0 saturated carbocycles. The van der Waals surface area contributed by atoms with Crippen LogP contribution in [0.4, 0.5) is 5.82 Å². The van der Waals surface area contributed by atoms with Crippen molar-refractivity contribution in [3.8, 4) is 0 Å². The summed E-state index contributed by atoms with van der Waals surface area (Å²) in [6.07, 6.45) is 0. The fraction of sp³-hybridized carbons (Fsp3) is 0.222. The van der Waals surface area contributed by atoms with Gasteiger partial charge in [0, 0.05) is 11.4 Å². The lowest BCUT2D eigenvalue weighted by Gasteiger charge is -2.06. The second-order valence-electron chi connectivity index (χ2n) is 2.80. The van der Waals surface area contributed by atoms with Gasteiger partial charge in [-0.3, -0.25) is 4.79 Å². The molecule has 0 amide bonds. The van der Waals surface area contributed by atoms with E-state index in [-0.39, 0.29) is 22.9 Å². The number of pyridine rings is 1. The molecule has 6 heteroatoms. The Balaban J connectivity index is 3.31. The highest BCUT2D eigenvalue weighted by Gasteiger charge is 2.16. The Morgan fingerprint density at radius 1 is 1.53 bits per heavy atom. The van der Waals surface area contributed by atoms with Gasteiger partial charge < -0.3 is 10.5 Å². The van der Waals surface area contributed by atoms with Crippen LogP contribution in [-0.2, 0) is 4.74 Å². The molecule has 5 nitrogen and oxygen atoms in total. The SMILES string of the molecule is COC(=O)c1cc(Br)c(C(C)=O)nc1N. The third kappa shape index (κ3) is 2.33. The number of aromatic nitrogens is 1. The average molecular weight is 273 g/mol. The van der Waals surface area contributed by atoms with E-state index in [1.54, 1.807) is 0 Å². The number of esters is 1. The van der Waals surface area contributed by atoms with Crippen LogP contribution < -0.4 is 5.73 Å². The molecule has 0 spiro atoms. The first-order valence-corrected chi connectivity index (χ1v) is 4.82. The number of nitrogens with zero attached hydrogens (tertiary/aromatic N) is 1. The lowest BCUT2D eigenvalue weighted by atomic mass is 10.2. The minimum Gasteiger partial charge on any atom is -0.465 e. The zero-order chi connectivity index (χ0) is 11.6. The lowest BCUT2D eigenvalue weighted by Crippen LogP contribution is -2.10. The van der Waals surface area contributed by atoms with Crippen molar-refractivity contribution in [3.05, 3.63) is 21.8 Å². The van der Waals surface area contributed by atoms with Crippen LogP contribution in [0.2, 0.25) is 0 Å². The number of Topliss-reactive ketones (excluding diaryl/α,β-unsaturated/α-hetero) is 1. The van der Waals surface area contributed by atoms with E-state index < -0.39 is 5.97 Å². The molecule has 2 N–H and O–H groups in total. The van der Waals surface area contributed by atoms with Crippen molar-refractivity contribution in [1.82, 2.24) is 4.98 Å². The van der Waals surface area contributed by atoms with Crippen molar-refractivity contribution in [1.29, 1.82) is 0 Å². The van der Waals surface area contributed by atoms with Gasteiger partial charge in [-0.25, -0.2) is 9.78 Å². The van der Waals surface area contributed by atoms with E-state index in [2.05, 4.69) is 25.7 Å². The van der Waals surface area contributed by atoms with Gasteiger partial charge in [0.2, 0.25) is 0 Å². The Morgan fingerprint density at radius 3 is 2.60 bits per heavy atom. The van der Waals surface area contributed by atoms with Gasteiger partial charge in [-0.2, -0.15) is 0 Å². The van der Waals surface area contributed by atoms with Gasteiger partial charge in [-0.1, -0.05) is 0 Å². The molecule has 0 saturated heterocycles. The fourth-order valence-electron chi connectivity index (χ4n) is 1.02. The van der Waals surface area contributed by atoms with Crippen LogP contribution in [0, 0.1) is 0 Å². The van der Waals surface area contributed by atoms with Crippen molar-refractivity contribution in [2.24, 2.45) is 0 Å². The average Bonchev–Trinajstić information content (AvgIpc) is 2.19. The van der Waals surface area contributed by atoms with Crippen LogP contribution in [0.25, 0.3) is 0 Å². The zero-order valence-electron chi connectivity index (χ0n) is 8.20. The number of hydrogen-bond donors (Lipinski definition) is 1. The second-order valence-corrected chi connectivity index (χ2v) is 3.65. The highest BCUT2D eigenvalue weighted by molar-refractivity contribution is 9.10. The summed E-state index contributed by atoms with van der Waals surface area (Å²) in [6.45, 7) is 1.37. The number of halogens is 1. The first-order chi connectivity index (χ1) is 6.97. The van der Waals surface area contributed by atoms with Gasteiger partial charge in [0.1, 0.15) is 17.1 Å². The van der Waals surface area contributed by atoms with E-state index >= 15 is 0 Å². The number of rotatable bonds is 2. The molecule has 1 rings (SSSR count). The van der Waals surface area contributed by atoms with E-state index in [9.17, 15) is 9.59 Å². The third-order valence-corrected chi connectivity index (χ3v) is 2.35. The Kier molecular flexibility index (Phi) is 3.41. The predicted octanol–water partition coefficient (Wildman–Crippen LogP) is 1.42. The van der Waals surface area contributed by atoms with Gasteiger partial charge in [-0.15, -0.1) is 0 Å².